The summed E-state index contributed by atoms with van der Waals surface area (Å²) in [6.45, 7) is 21.1. The second-order valence-electron chi connectivity index (χ2n) is 40.3. The lowest BCUT2D eigenvalue weighted by molar-refractivity contribution is -0.143. The highest BCUT2D eigenvalue weighted by atomic mass is 32.2. The molecule has 2 aromatic heterocycles. The first-order valence-electron chi connectivity index (χ1n) is 44.2. The van der Waals surface area contributed by atoms with Crippen LogP contribution in [0.4, 0.5) is 9.59 Å². The highest BCUT2D eigenvalue weighted by molar-refractivity contribution is 7.92. The van der Waals surface area contributed by atoms with Crippen LogP contribution in [0.5, 0.6) is 23.0 Å². The number of hydrogen-bond acceptors (Lipinski definition) is 20. The normalized spacial score (nSPS) is 22.5. The number of nitrogens with zero attached hydrogens (tertiary/aromatic N) is 4. The van der Waals surface area contributed by atoms with E-state index in [0.717, 1.165) is 35.1 Å². The van der Waals surface area contributed by atoms with E-state index in [4.69, 9.17) is 38.4 Å². The minimum absolute atomic E-state index is 0.0324. The Morgan fingerprint density at radius 1 is 0.445 bits per heavy atom. The van der Waals surface area contributed by atoms with E-state index in [1.54, 1.807) is 82.6 Å². The number of sulfonamides is 2. The summed E-state index contributed by atoms with van der Waals surface area (Å²) >= 11 is 0. The van der Waals surface area contributed by atoms with Gasteiger partial charge in [0.05, 0.1) is 59.2 Å². The van der Waals surface area contributed by atoms with Gasteiger partial charge in [-0.1, -0.05) is 176 Å². The molecule has 4 heterocycles. The molecule has 6 N–H and O–H groups in total. The molecule has 2 aliphatic heterocycles. The lowest BCUT2D eigenvalue weighted by Crippen LogP contribution is -2.61. The number of pyridine rings is 2. The van der Waals surface area contributed by atoms with Crippen LogP contribution >= 0.6 is 0 Å². The van der Waals surface area contributed by atoms with Gasteiger partial charge >= 0.3 is 12.2 Å². The third-order valence-corrected chi connectivity index (χ3v) is 30.8. The molecular weight excluding hydrogens is 1670 g/mol. The zero-order valence-corrected chi connectivity index (χ0v) is 76.9. The van der Waals surface area contributed by atoms with Gasteiger partial charge in [0.25, 0.3) is 11.8 Å². The number of carbonyl (C=O) groups excluding carboxylic acids is 8. The van der Waals surface area contributed by atoms with E-state index in [-0.39, 0.29) is 51.6 Å². The van der Waals surface area contributed by atoms with Crippen molar-refractivity contribution in [1.82, 2.24) is 50.5 Å². The quantitative estimate of drug-likeness (QED) is 0.0293. The molecule has 680 valence electrons. The average molecular weight is 1790 g/mol. The van der Waals surface area contributed by atoms with Crippen molar-refractivity contribution in [1.29, 1.82) is 0 Å². The van der Waals surface area contributed by atoms with E-state index in [1.807, 2.05) is 185 Å². The number of likely N-dealkylation sites (tertiary alicyclic amines) is 2. The van der Waals surface area contributed by atoms with E-state index in [1.165, 1.54) is 9.80 Å². The first-order chi connectivity index (χ1) is 60.3. The molecule has 2 saturated heterocycles. The zero-order valence-electron chi connectivity index (χ0n) is 75.3. The van der Waals surface area contributed by atoms with Gasteiger partial charge < -0.3 is 59.5 Å². The molecule has 8 aliphatic rings. The average Bonchev–Trinajstić information content (AvgIpc) is 1.58. The second kappa shape index (κ2) is 34.2. The topological polar surface area (TPSA) is 365 Å². The standard InChI is InChI=1S/C50H61N5O9S.C48H57N5O9S/c1-46(2,3)41(52-45(59)64-47(4,5)6)43(57)55-30-35(63-40-28-37(33-18-12-9-13-19-33)51-38-26-34(62-7)20-21-36(38)40)27-39(55)42(56)53-50(31-48(50)22-14-15-23-48)44(58)54-65(60,61)49(24-25-49)29-32-16-10-8-11-17-32;1-44(2,3)39(50-43(57)62-45(4,5)6)41(55)53-28-33(61-38-26-35(31-16-12-9-13-17-31)49-36-24-32(60-7)18-19-34(36)38)25-37(53)40(54)51-48(29-46(48)20-21-46)42(56)52-63(58,59)47(22-23-47)27-30-14-10-8-11-15-30/h8-13,16-21,26,28,35,39,41H,14-15,22-25,27,29-31H2,1-7H3,(H,52,59)(H,53,56)(H,54,58);8-19,24,26,33,37,39H,20-23,25,27-29H2,1-7H3,(H,50,57)(H,51,54)(H,52,56)/t35-,39+,41-,50?;33-,37+,39-,48?/m11/s1. The van der Waals surface area contributed by atoms with E-state index < -0.39 is 157 Å². The fraction of sp³-hybridized carbons (Fsp3) is 0.490. The molecule has 8 atom stereocenters. The van der Waals surface area contributed by atoms with Crippen molar-refractivity contribution >= 4 is 89.5 Å². The molecule has 28 nitrogen and oxygen atoms in total. The van der Waals surface area contributed by atoms with Gasteiger partial charge in [0.2, 0.25) is 43.7 Å². The number of ether oxygens (including phenoxy) is 6. The minimum atomic E-state index is -4.16. The maximum atomic E-state index is 15.1. The molecule has 2 spiro atoms. The number of nitrogens with one attached hydrogen (secondary N) is 6. The van der Waals surface area contributed by atoms with Crippen LogP contribution in [0.2, 0.25) is 0 Å². The first kappa shape index (κ1) is 91.4. The third-order valence-electron chi connectivity index (χ3n) is 26.5. The molecule has 8 aromatic rings. The number of hydrogen-bond donors (Lipinski definition) is 6. The van der Waals surface area contributed by atoms with Crippen molar-refractivity contribution in [3.63, 3.8) is 0 Å². The summed E-state index contributed by atoms with van der Waals surface area (Å²) < 4.78 is 94.5. The Hall–Kier alpha value is -11.4. The Labute approximate surface area is 748 Å². The van der Waals surface area contributed by atoms with Gasteiger partial charge in [-0.2, -0.15) is 0 Å². The molecule has 30 heteroatoms. The van der Waals surface area contributed by atoms with Gasteiger partial charge in [0, 0.05) is 69.8 Å². The van der Waals surface area contributed by atoms with Crippen LogP contribution in [0.3, 0.4) is 0 Å². The molecular formula is C98H118N10O18S2. The molecule has 8 fully saturated rings. The van der Waals surface area contributed by atoms with Crippen LogP contribution in [-0.4, -0.2) is 180 Å². The van der Waals surface area contributed by atoms with Crippen molar-refractivity contribution in [2.45, 2.75) is 254 Å². The molecule has 6 aromatic carbocycles. The van der Waals surface area contributed by atoms with Crippen molar-refractivity contribution in [3.05, 3.63) is 181 Å². The molecule has 6 saturated carbocycles. The Bertz CT molecular complexity index is 5840. The van der Waals surface area contributed by atoms with Crippen molar-refractivity contribution < 1.29 is 83.6 Å². The molecule has 16 rings (SSSR count). The Kier molecular flexibility index (Phi) is 24.4. The minimum Gasteiger partial charge on any atom is -0.497 e. The molecule has 128 heavy (non-hydrogen) atoms. The Morgan fingerprint density at radius 3 is 1.11 bits per heavy atom. The van der Waals surface area contributed by atoms with Gasteiger partial charge in [-0.05, 0) is 165 Å². The van der Waals surface area contributed by atoms with Crippen molar-refractivity contribution in [2.24, 2.45) is 21.7 Å². The van der Waals surface area contributed by atoms with Crippen LogP contribution < -0.4 is 49.7 Å². The van der Waals surface area contributed by atoms with E-state index in [0.29, 0.717) is 108 Å². The largest absolute Gasteiger partial charge is 0.497 e. The van der Waals surface area contributed by atoms with Gasteiger partial charge in [0.1, 0.15) is 81.7 Å². The van der Waals surface area contributed by atoms with Crippen LogP contribution in [0.25, 0.3) is 44.3 Å². The van der Waals surface area contributed by atoms with Crippen LogP contribution in [0.1, 0.15) is 184 Å². The number of amides is 8. The Balaban J connectivity index is 0.000000197. The summed E-state index contributed by atoms with van der Waals surface area (Å²) in [5, 5.41) is 13.0. The predicted octanol–water partition coefficient (Wildman–Crippen LogP) is 13.7. The van der Waals surface area contributed by atoms with E-state index >= 15 is 4.79 Å². The smallest absolute Gasteiger partial charge is 0.408 e. The molecule has 0 bridgehead atoms. The number of carbonyl (C=O) groups is 8. The van der Waals surface area contributed by atoms with E-state index in [2.05, 4.69) is 30.7 Å². The van der Waals surface area contributed by atoms with Gasteiger partial charge in [-0.15, -0.1) is 0 Å². The van der Waals surface area contributed by atoms with E-state index in [9.17, 15) is 50.4 Å². The summed E-state index contributed by atoms with van der Waals surface area (Å²) in [7, 11) is -5.13. The maximum Gasteiger partial charge on any atom is 0.408 e. The number of methoxy groups -OCH3 is 2. The van der Waals surface area contributed by atoms with Crippen LogP contribution in [0, 0.1) is 21.7 Å². The molecule has 6 aliphatic carbocycles. The monoisotopic (exact) mass is 1790 g/mol. The second-order valence-corrected chi connectivity index (χ2v) is 44.5. The lowest BCUT2D eigenvalue weighted by atomic mass is 9.85. The van der Waals surface area contributed by atoms with Crippen LogP contribution in [0.15, 0.2) is 170 Å². The number of fused-ring (bicyclic) bond motifs is 2. The number of rotatable bonds is 26. The van der Waals surface area contributed by atoms with Crippen LogP contribution in [-0.2, 0) is 71.1 Å². The van der Waals surface area contributed by atoms with Gasteiger partial charge in [-0.25, -0.2) is 36.4 Å². The molecule has 0 radical (unpaired) electrons. The Morgan fingerprint density at radius 2 is 0.789 bits per heavy atom. The van der Waals surface area contributed by atoms with Gasteiger partial charge in [0.15, 0.2) is 0 Å². The SMILES string of the molecule is COc1ccc2c(O[C@@H]3C[C@@H](C(=O)NC4(C(=O)NS(=O)(=O)C5(Cc6ccccc6)CC5)CC45CC5)N(C(=O)[C@@H](NC(=O)OC(C)(C)C)C(C)(C)C)C3)cc(-c3ccccc3)nc2c1.COc1ccc2c(O[C@@H]3C[C@@H](C(=O)NC4(C(=O)NS(=O)(=O)C5(Cc6ccccc6)CC5)CC45CCCC5)N(C(=O)[C@@H](NC(=O)OC(C)(C)C)C(C)(C)C)C3)cc(-c3ccccc3)nc2c1. The fourth-order valence-corrected chi connectivity index (χ4v) is 22.1. The highest BCUT2D eigenvalue weighted by Crippen LogP contribution is 2.73. The lowest BCUT2D eigenvalue weighted by Gasteiger charge is -2.36. The summed E-state index contributed by atoms with van der Waals surface area (Å²) in [5.41, 5.74) is -1.59. The summed E-state index contributed by atoms with van der Waals surface area (Å²) in [5.74, 6) is -1.64. The van der Waals surface area contributed by atoms with Crippen molar-refractivity contribution in [2.75, 3.05) is 27.3 Å². The highest BCUT2D eigenvalue weighted by Gasteiger charge is 2.80. The first-order valence-corrected chi connectivity index (χ1v) is 47.2. The number of alkyl carbamates (subject to hydrolysis) is 2. The molecule has 8 amide bonds. The maximum absolute atomic E-state index is 15.1. The zero-order chi connectivity index (χ0) is 91.7. The summed E-state index contributed by atoms with van der Waals surface area (Å²) in [6.07, 6.45) is 4.00. The third kappa shape index (κ3) is 19.1. The number of benzene rings is 6. The molecule has 2 unspecified atom stereocenters. The van der Waals surface area contributed by atoms with Crippen molar-refractivity contribution in [3.8, 4) is 45.5 Å². The number of aromatic nitrogens is 2. The predicted molar refractivity (Wildman–Crippen MR) is 484 cm³/mol. The summed E-state index contributed by atoms with van der Waals surface area (Å²) in [6, 6.07) is 47.9. The fourth-order valence-electron chi connectivity index (χ4n) is 18.9. The summed E-state index contributed by atoms with van der Waals surface area (Å²) in [4.78, 5) is 128. The van der Waals surface area contributed by atoms with Gasteiger partial charge in [-0.3, -0.25) is 38.2 Å².